The molecule has 1 aromatic carbocycles. The molecule has 0 radical (unpaired) electrons. The van der Waals surface area contributed by atoms with Gasteiger partial charge in [-0.15, -0.1) is 0 Å². The standard InChI is InChI=1S/C12H16N2O2S2/c1-8-6-14(18(15,16)7-8)10-5-3-4-9(2)11(10)12(13)17/h3-5,8H,6-7H2,1-2H3,(H2,13,17). The van der Waals surface area contributed by atoms with Gasteiger partial charge in [0.1, 0.15) is 4.99 Å². The molecule has 2 N–H and O–H groups in total. The zero-order valence-corrected chi connectivity index (χ0v) is 12.0. The molecule has 1 atom stereocenters. The van der Waals surface area contributed by atoms with Crippen LogP contribution in [0.5, 0.6) is 0 Å². The van der Waals surface area contributed by atoms with Gasteiger partial charge in [-0.05, 0) is 24.5 Å². The van der Waals surface area contributed by atoms with Crippen LogP contribution in [0.3, 0.4) is 0 Å². The van der Waals surface area contributed by atoms with Gasteiger partial charge in [-0.1, -0.05) is 31.3 Å². The van der Waals surface area contributed by atoms with Crippen molar-refractivity contribution in [3.8, 4) is 0 Å². The molecule has 0 saturated carbocycles. The molecule has 98 valence electrons. The number of nitrogens with zero attached hydrogens (tertiary/aromatic N) is 1. The first-order chi connectivity index (χ1) is 8.33. The molecule has 1 saturated heterocycles. The van der Waals surface area contributed by atoms with Crippen molar-refractivity contribution >= 4 is 32.9 Å². The molecule has 0 aromatic heterocycles. The van der Waals surface area contributed by atoms with Crippen molar-refractivity contribution in [3.05, 3.63) is 29.3 Å². The second kappa shape index (κ2) is 4.51. The lowest BCUT2D eigenvalue weighted by Crippen LogP contribution is -2.28. The molecule has 2 rings (SSSR count). The summed E-state index contributed by atoms with van der Waals surface area (Å²) in [6.07, 6.45) is 0. The van der Waals surface area contributed by atoms with Gasteiger partial charge in [0.15, 0.2) is 0 Å². The highest BCUT2D eigenvalue weighted by Gasteiger charge is 2.35. The predicted molar refractivity (Wildman–Crippen MR) is 77.4 cm³/mol. The first-order valence-electron chi connectivity index (χ1n) is 5.73. The number of hydrogen-bond donors (Lipinski definition) is 1. The zero-order chi connectivity index (χ0) is 13.5. The van der Waals surface area contributed by atoms with Crippen LogP contribution in [-0.4, -0.2) is 25.7 Å². The molecule has 1 heterocycles. The maximum absolute atomic E-state index is 12.1. The molecular weight excluding hydrogens is 268 g/mol. The maximum Gasteiger partial charge on any atom is 0.235 e. The van der Waals surface area contributed by atoms with Crippen molar-refractivity contribution in [2.24, 2.45) is 11.7 Å². The number of nitrogens with two attached hydrogens (primary N) is 1. The average Bonchev–Trinajstić information content (AvgIpc) is 2.50. The smallest absolute Gasteiger partial charge is 0.235 e. The molecule has 1 fully saturated rings. The molecule has 6 heteroatoms. The minimum atomic E-state index is -3.24. The van der Waals surface area contributed by atoms with E-state index in [1.807, 2.05) is 26.0 Å². The van der Waals surface area contributed by atoms with E-state index in [4.69, 9.17) is 18.0 Å². The van der Waals surface area contributed by atoms with Crippen LogP contribution in [0.4, 0.5) is 5.69 Å². The first kappa shape index (κ1) is 13.3. The Morgan fingerprint density at radius 3 is 2.67 bits per heavy atom. The van der Waals surface area contributed by atoms with Gasteiger partial charge >= 0.3 is 0 Å². The van der Waals surface area contributed by atoms with Gasteiger partial charge in [0.05, 0.1) is 11.4 Å². The number of hydrogen-bond acceptors (Lipinski definition) is 3. The van der Waals surface area contributed by atoms with E-state index >= 15 is 0 Å². The number of thiocarbonyl (C=S) groups is 1. The second-order valence-corrected chi connectivity index (χ2v) is 7.13. The fraction of sp³-hybridized carbons (Fsp3) is 0.417. The van der Waals surface area contributed by atoms with E-state index in [1.165, 1.54) is 4.31 Å². The Bertz CT molecular complexity index is 596. The van der Waals surface area contributed by atoms with Crippen LogP contribution in [0.1, 0.15) is 18.1 Å². The number of anilines is 1. The number of benzene rings is 1. The summed E-state index contributed by atoms with van der Waals surface area (Å²) < 4.78 is 25.6. The number of aryl methyl sites for hydroxylation is 1. The van der Waals surface area contributed by atoms with Crippen molar-refractivity contribution < 1.29 is 8.42 Å². The molecular formula is C12H16N2O2S2. The van der Waals surface area contributed by atoms with Crippen LogP contribution in [0.25, 0.3) is 0 Å². The highest BCUT2D eigenvalue weighted by molar-refractivity contribution is 7.93. The van der Waals surface area contributed by atoms with E-state index in [2.05, 4.69) is 0 Å². The Kier molecular flexibility index (Phi) is 3.33. The third-order valence-electron chi connectivity index (χ3n) is 3.07. The number of rotatable bonds is 2. The molecule has 0 aliphatic carbocycles. The fourth-order valence-corrected chi connectivity index (χ4v) is 4.53. The topological polar surface area (TPSA) is 63.4 Å². The SMILES string of the molecule is Cc1cccc(N2CC(C)CS2(=O)=O)c1C(N)=S. The molecule has 18 heavy (non-hydrogen) atoms. The molecule has 0 bridgehead atoms. The quantitative estimate of drug-likeness (QED) is 0.834. The molecule has 0 spiro atoms. The van der Waals surface area contributed by atoms with E-state index < -0.39 is 10.0 Å². The lowest BCUT2D eigenvalue weighted by Gasteiger charge is -2.21. The van der Waals surface area contributed by atoms with Crippen LogP contribution >= 0.6 is 12.2 Å². The van der Waals surface area contributed by atoms with Crippen LogP contribution < -0.4 is 10.0 Å². The summed E-state index contributed by atoms with van der Waals surface area (Å²) in [7, 11) is -3.24. The summed E-state index contributed by atoms with van der Waals surface area (Å²) in [6, 6.07) is 5.46. The normalized spacial score (nSPS) is 22.1. The Morgan fingerprint density at radius 1 is 1.50 bits per heavy atom. The Labute approximate surface area is 113 Å². The fourth-order valence-electron chi connectivity index (χ4n) is 2.33. The predicted octanol–water partition coefficient (Wildman–Crippen LogP) is 1.42. The summed E-state index contributed by atoms with van der Waals surface area (Å²) in [5, 5.41) is 0. The van der Waals surface area contributed by atoms with Crippen LogP contribution in [0, 0.1) is 12.8 Å². The van der Waals surface area contributed by atoms with Crippen molar-refractivity contribution in [2.45, 2.75) is 13.8 Å². The summed E-state index contributed by atoms with van der Waals surface area (Å²) in [5.74, 6) is 0.298. The summed E-state index contributed by atoms with van der Waals surface area (Å²) >= 11 is 5.03. The Morgan fingerprint density at radius 2 is 2.17 bits per heavy atom. The zero-order valence-electron chi connectivity index (χ0n) is 10.4. The molecule has 1 aliphatic heterocycles. The third-order valence-corrected chi connectivity index (χ3v) is 5.29. The molecule has 1 aromatic rings. The van der Waals surface area contributed by atoms with Gasteiger partial charge in [0, 0.05) is 12.1 Å². The second-order valence-electron chi connectivity index (χ2n) is 4.75. The van der Waals surface area contributed by atoms with Gasteiger partial charge in [0.2, 0.25) is 10.0 Å². The third kappa shape index (κ3) is 2.22. The highest BCUT2D eigenvalue weighted by Crippen LogP contribution is 2.31. The summed E-state index contributed by atoms with van der Waals surface area (Å²) in [6.45, 7) is 4.29. The van der Waals surface area contributed by atoms with Crippen molar-refractivity contribution in [1.82, 2.24) is 0 Å². The lowest BCUT2D eigenvalue weighted by molar-refractivity contribution is 0.598. The van der Waals surface area contributed by atoms with E-state index in [9.17, 15) is 8.42 Å². The van der Waals surface area contributed by atoms with Gasteiger partial charge in [-0.25, -0.2) is 8.42 Å². The van der Waals surface area contributed by atoms with Crippen molar-refractivity contribution in [1.29, 1.82) is 0 Å². The maximum atomic E-state index is 12.1. The summed E-state index contributed by atoms with van der Waals surface area (Å²) in [5.41, 5.74) is 7.88. The average molecular weight is 284 g/mol. The first-order valence-corrected chi connectivity index (χ1v) is 7.74. The summed E-state index contributed by atoms with van der Waals surface area (Å²) in [4.78, 5) is 0.234. The van der Waals surface area contributed by atoms with Crippen LogP contribution in [-0.2, 0) is 10.0 Å². The molecule has 4 nitrogen and oxygen atoms in total. The largest absolute Gasteiger partial charge is 0.389 e. The molecule has 1 unspecified atom stereocenters. The molecule has 0 amide bonds. The van der Waals surface area contributed by atoms with E-state index in [0.29, 0.717) is 17.8 Å². The van der Waals surface area contributed by atoms with E-state index in [1.54, 1.807) is 6.07 Å². The Balaban J connectivity index is 2.59. The monoisotopic (exact) mass is 284 g/mol. The van der Waals surface area contributed by atoms with Gasteiger partial charge in [-0.2, -0.15) is 0 Å². The minimum absolute atomic E-state index is 0.120. The van der Waals surface area contributed by atoms with E-state index in [-0.39, 0.29) is 16.7 Å². The minimum Gasteiger partial charge on any atom is -0.389 e. The van der Waals surface area contributed by atoms with Gasteiger partial charge < -0.3 is 5.73 Å². The van der Waals surface area contributed by atoms with Crippen LogP contribution in [0.15, 0.2) is 18.2 Å². The Hall–Kier alpha value is -1.14. The van der Waals surface area contributed by atoms with E-state index in [0.717, 1.165) is 5.56 Å². The molecule has 1 aliphatic rings. The highest BCUT2D eigenvalue weighted by atomic mass is 32.2. The van der Waals surface area contributed by atoms with Gasteiger partial charge in [-0.3, -0.25) is 4.31 Å². The van der Waals surface area contributed by atoms with Crippen molar-refractivity contribution in [2.75, 3.05) is 16.6 Å². The van der Waals surface area contributed by atoms with Gasteiger partial charge in [0.25, 0.3) is 0 Å². The lowest BCUT2D eigenvalue weighted by atomic mass is 10.1. The van der Waals surface area contributed by atoms with Crippen LogP contribution in [0.2, 0.25) is 0 Å². The van der Waals surface area contributed by atoms with Crippen molar-refractivity contribution in [3.63, 3.8) is 0 Å². The number of sulfonamides is 1.